The summed E-state index contributed by atoms with van der Waals surface area (Å²) in [6, 6.07) is 23.0. The number of nitrogen functional groups attached to an aromatic ring is 1. The number of fused-ring (bicyclic) bond motifs is 1. The molecule has 0 fully saturated rings. The van der Waals surface area contributed by atoms with Crippen LogP contribution in [0, 0.1) is 0 Å². The molecule has 3 aromatic carbocycles. The van der Waals surface area contributed by atoms with Crippen LogP contribution >= 0.6 is 0 Å². The monoisotopic (exact) mass is 427 g/mol. The fourth-order valence-corrected chi connectivity index (χ4v) is 3.62. The van der Waals surface area contributed by atoms with Gasteiger partial charge in [-0.25, -0.2) is 4.98 Å². The van der Waals surface area contributed by atoms with E-state index in [1.165, 1.54) is 10.8 Å². The average Bonchev–Trinajstić information content (AvgIpc) is 2.78. The van der Waals surface area contributed by atoms with Crippen molar-refractivity contribution in [3.63, 3.8) is 0 Å². The van der Waals surface area contributed by atoms with Crippen LogP contribution in [0.3, 0.4) is 0 Å². The molecule has 0 radical (unpaired) electrons. The quantitative estimate of drug-likeness (QED) is 0.351. The molecule has 0 unspecified atom stereocenters. The Morgan fingerprint density at radius 1 is 1.00 bits per heavy atom. The maximum Gasteiger partial charge on any atom is 0.320 e. The Morgan fingerprint density at radius 3 is 2.44 bits per heavy atom. The molecule has 0 aliphatic carbocycles. The minimum atomic E-state index is -1.02. The number of aliphatic carboxylic acids is 1. The number of anilines is 2. The molecule has 6 N–H and O–H groups in total. The second kappa shape index (κ2) is 9.03. The number of nitrogens with one attached hydrogen (secondary N) is 1. The van der Waals surface area contributed by atoms with E-state index in [2.05, 4.69) is 52.5 Å². The van der Waals surface area contributed by atoms with Crippen LogP contribution in [0.4, 0.5) is 11.8 Å². The fourth-order valence-electron chi connectivity index (χ4n) is 3.62. The third-order valence-electron chi connectivity index (χ3n) is 5.40. The van der Waals surface area contributed by atoms with E-state index >= 15 is 0 Å². The van der Waals surface area contributed by atoms with Gasteiger partial charge in [0.25, 0.3) is 0 Å². The van der Waals surface area contributed by atoms with Crippen LogP contribution in [0.5, 0.6) is 0 Å². The molecule has 0 spiro atoms. The summed E-state index contributed by atoms with van der Waals surface area (Å²) >= 11 is 0. The Bertz CT molecular complexity index is 1260. The van der Waals surface area contributed by atoms with Crippen molar-refractivity contribution in [3.8, 4) is 11.3 Å². The van der Waals surface area contributed by atoms with E-state index in [1.807, 2.05) is 42.5 Å². The highest BCUT2D eigenvalue weighted by Gasteiger charge is 2.13. The summed E-state index contributed by atoms with van der Waals surface area (Å²) in [7, 11) is 0. The maximum absolute atomic E-state index is 11.0. The van der Waals surface area contributed by atoms with E-state index in [-0.39, 0.29) is 18.4 Å². The van der Waals surface area contributed by atoms with Crippen molar-refractivity contribution in [2.45, 2.75) is 25.4 Å². The molecular formula is C25H25N5O2. The zero-order valence-corrected chi connectivity index (χ0v) is 17.7. The molecule has 4 rings (SSSR count). The van der Waals surface area contributed by atoms with Gasteiger partial charge in [0.1, 0.15) is 11.9 Å². The largest absolute Gasteiger partial charge is 0.480 e. The molecule has 1 heterocycles. The zero-order chi connectivity index (χ0) is 22.7. The standard InChI is InChI=1S/C25H25N5O2/c1-15(19-11-10-17-4-2-3-5-20(17)13-19)28-23-14-22(29-25(27)30-23)18-8-6-16(7-9-18)12-21(26)24(31)32/h2-11,13-15,21H,12,26H2,1H3,(H,31,32)(H3,27,28,29,30)/t15-,21+/m1/s1. The molecule has 0 bridgehead atoms. The summed E-state index contributed by atoms with van der Waals surface area (Å²) in [5.41, 5.74) is 15.1. The van der Waals surface area contributed by atoms with Crippen LogP contribution in [0.15, 0.2) is 72.8 Å². The molecule has 0 amide bonds. The first-order valence-electron chi connectivity index (χ1n) is 10.4. The van der Waals surface area contributed by atoms with Gasteiger partial charge in [-0.1, -0.05) is 60.7 Å². The molecule has 0 saturated carbocycles. The van der Waals surface area contributed by atoms with Crippen molar-refractivity contribution in [2.24, 2.45) is 5.73 Å². The Kier molecular flexibility index (Phi) is 6.00. The first kappa shape index (κ1) is 21.3. The highest BCUT2D eigenvalue weighted by Crippen LogP contribution is 2.26. The summed E-state index contributed by atoms with van der Waals surface area (Å²) < 4.78 is 0. The summed E-state index contributed by atoms with van der Waals surface area (Å²) in [6.07, 6.45) is 0.262. The molecule has 0 aliphatic rings. The van der Waals surface area contributed by atoms with Crippen LogP contribution < -0.4 is 16.8 Å². The molecule has 4 aromatic rings. The molecule has 1 aromatic heterocycles. The number of carboxylic acid groups (broad SMARTS) is 1. The maximum atomic E-state index is 11.0. The fraction of sp³-hybridized carbons (Fsp3) is 0.160. The molecule has 7 nitrogen and oxygen atoms in total. The van der Waals surface area contributed by atoms with E-state index in [0.29, 0.717) is 11.5 Å². The van der Waals surface area contributed by atoms with Gasteiger partial charge in [-0.2, -0.15) is 4.98 Å². The lowest BCUT2D eigenvalue weighted by molar-refractivity contribution is -0.138. The Balaban J connectivity index is 1.53. The molecule has 0 saturated heterocycles. The summed E-state index contributed by atoms with van der Waals surface area (Å²) in [5.74, 6) is -0.216. The van der Waals surface area contributed by atoms with Gasteiger partial charge in [0, 0.05) is 17.7 Å². The van der Waals surface area contributed by atoms with Gasteiger partial charge in [0.15, 0.2) is 0 Å². The van der Waals surface area contributed by atoms with Crippen LogP contribution in [-0.2, 0) is 11.2 Å². The van der Waals surface area contributed by atoms with E-state index in [1.54, 1.807) is 0 Å². The minimum absolute atomic E-state index is 0.0154. The minimum Gasteiger partial charge on any atom is -0.480 e. The topological polar surface area (TPSA) is 127 Å². The van der Waals surface area contributed by atoms with Gasteiger partial charge in [-0.15, -0.1) is 0 Å². The summed E-state index contributed by atoms with van der Waals surface area (Å²) in [6.45, 7) is 2.07. The third-order valence-corrected chi connectivity index (χ3v) is 5.40. The Morgan fingerprint density at radius 2 is 1.72 bits per heavy atom. The highest BCUT2D eigenvalue weighted by atomic mass is 16.4. The second-order valence-corrected chi connectivity index (χ2v) is 7.82. The number of hydrogen-bond donors (Lipinski definition) is 4. The number of benzene rings is 3. The third kappa shape index (κ3) is 4.84. The molecule has 162 valence electrons. The van der Waals surface area contributed by atoms with Crippen LogP contribution in [0.25, 0.3) is 22.0 Å². The number of carbonyl (C=O) groups is 1. The van der Waals surface area contributed by atoms with E-state index in [4.69, 9.17) is 16.6 Å². The van der Waals surface area contributed by atoms with Gasteiger partial charge in [0.05, 0.1) is 5.69 Å². The van der Waals surface area contributed by atoms with Crippen LogP contribution in [0.1, 0.15) is 24.1 Å². The lowest BCUT2D eigenvalue weighted by Gasteiger charge is -2.16. The van der Waals surface area contributed by atoms with E-state index in [9.17, 15) is 4.79 Å². The SMILES string of the molecule is C[C@@H](Nc1cc(-c2ccc(C[C@H](N)C(=O)O)cc2)nc(N)n1)c1ccc2ccccc2c1. The Labute approximate surface area is 186 Å². The van der Waals surface area contributed by atoms with Gasteiger partial charge in [-0.3, -0.25) is 4.79 Å². The summed E-state index contributed by atoms with van der Waals surface area (Å²) in [5, 5.41) is 14.8. The first-order chi connectivity index (χ1) is 15.4. The van der Waals surface area contributed by atoms with Gasteiger partial charge in [0.2, 0.25) is 5.95 Å². The molecule has 2 atom stereocenters. The number of carboxylic acids is 1. The number of aromatic nitrogens is 2. The Hall–Kier alpha value is -3.97. The van der Waals surface area contributed by atoms with Crippen molar-refractivity contribution < 1.29 is 9.90 Å². The molecule has 0 aliphatic heterocycles. The van der Waals surface area contributed by atoms with Crippen molar-refractivity contribution in [1.29, 1.82) is 0 Å². The van der Waals surface area contributed by atoms with Crippen molar-refractivity contribution in [1.82, 2.24) is 9.97 Å². The number of rotatable bonds is 7. The predicted molar refractivity (Wildman–Crippen MR) is 127 cm³/mol. The lowest BCUT2D eigenvalue weighted by Crippen LogP contribution is -2.32. The van der Waals surface area contributed by atoms with E-state index < -0.39 is 12.0 Å². The number of hydrogen-bond acceptors (Lipinski definition) is 6. The van der Waals surface area contributed by atoms with E-state index in [0.717, 1.165) is 16.7 Å². The predicted octanol–water partition coefficient (Wildman–Crippen LogP) is 4.01. The van der Waals surface area contributed by atoms with Crippen molar-refractivity contribution in [2.75, 3.05) is 11.1 Å². The lowest BCUT2D eigenvalue weighted by atomic mass is 10.0. The number of nitrogens with zero attached hydrogens (tertiary/aromatic N) is 2. The highest BCUT2D eigenvalue weighted by molar-refractivity contribution is 5.83. The molecule has 32 heavy (non-hydrogen) atoms. The zero-order valence-electron chi connectivity index (χ0n) is 17.7. The van der Waals surface area contributed by atoms with Gasteiger partial charge < -0.3 is 21.9 Å². The van der Waals surface area contributed by atoms with Crippen molar-refractivity contribution >= 4 is 28.5 Å². The smallest absolute Gasteiger partial charge is 0.320 e. The normalized spacial score (nSPS) is 12.9. The van der Waals surface area contributed by atoms with Gasteiger partial charge >= 0.3 is 5.97 Å². The van der Waals surface area contributed by atoms with Crippen molar-refractivity contribution in [3.05, 3.63) is 83.9 Å². The molecule has 7 heteroatoms. The number of nitrogens with two attached hydrogens (primary N) is 2. The average molecular weight is 428 g/mol. The van der Waals surface area contributed by atoms with Gasteiger partial charge in [-0.05, 0) is 41.3 Å². The molecular weight excluding hydrogens is 402 g/mol. The van der Waals surface area contributed by atoms with Crippen LogP contribution in [0.2, 0.25) is 0 Å². The first-order valence-corrected chi connectivity index (χ1v) is 10.4. The van der Waals surface area contributed by atoms with Crippen LogP contribution in [-0.4, -0.2) is 27.1 Å². The second-order valence-electron chi connectivity index (χ2n) is 7.82. The summed E-state index contributed by atoms with van der Waals surface area (Å²) in [4.78, 5) is 19.6.